The summed E-state index contributed by atoms with van der Waals surface area (Å²) in [6.07, 6.45) is 1.30. The average Bonchev–Trinajstić information content (AvgIpc) is 2.66. The molecule has 0 saturated heterocycles. The van der Waals surface area contributed by atoms with Crippen LogP contribution < -0.4 is 0 Å². The molecule has 0 fully saturated rings. The van der Waals surface area contributed by atoms with E-state index >= 15 is 0 Å². The van der Waals surface area contributed by atoms with E-state index in [1.165, 1.54) is 12.3 Å². The Labute approximate surface area is 100 Å². The lowest BCUT2D eigenvalue weighted by Crippen LogP contribution is -1.96. The first-order valence-corrected chi connectivity index (χ1v) is 4.98. The monoisotopic (exact) mass is 257 g/mol. The summed E-state index contributed by atoms with van der Waals surface area (Å²) >= 11 is 11.7. The molecule has 4 nitrogen and oxygen atoms in total. The van der Waals surface area contributed by atoms with Gasteiger partial charge in [-0.05, 0) is 12.1 Å². The molecule has 16 heavy (non-hydrogen) atoms. The van der Waals surface area contributed by atoms with Crippen LogP contribution >= 0.6 is 23.2 Å². The third kappa shape index (κ3) is 1.89. The molecule has 1 heterocycles. The van der Waals surface area contributed by atoms with Gasteiger partial charge in [0.2, 0.25) is 0 Å². The van der Waals surface area contributed by atoms with Crippen molar-refractivity contribution in [1.29, 1.82) is 0 Å². The Hall–Kier alpha value is -1.52. The van der Waals surface area contributed by atoms with E-state index in [4.69, 9.17) is 28.3 Å². The van der Waals surface area contributed by atoms with Gasteiger partial charge in [-0.3, -0.25) is 0 Å². The molecule has 0 bridgehead atoms. The van der Waals surface area contributed by atoms with Crippen LogP contribution in [0.2, 0.25) is 10.0 Å². The first-order chi connectivity index (χ1) is 7.59. The zero-order valence-corrected chi connectivity index (χ0v) is 9.29. The minimum atomic E-state index is -1.20. The number of aromatic nitrogens is 1. The van der Waals surface area contributed by atoms with Gasteiger partial charge in [-0.2, -0.15) is 0 Å². The third-order valence-corrected chi connectivity index (χ3v) is 2.53. The Morgan fingerprint density at radius 3 is 2.69 bits per heavy atom. The van der Waals surface area contributed by atoms with Gasteiger partial charge in [0.1, 0.15) is 0 Å². The maximum Gasteiger partial charge on any atom is 0.375 e. The summed E-state index contributed by atoms with van der Waals surface area (Å²) in [5, 5.41) is 13.1. The molecule has 0 aliphatic rings. The molecule has 0 saturated carbocycles. The maximum atomic E-state index is 10.8. The average molecular weight is 258 g/mol. The van der Waals surface area contributed by atoms with Crippen LogP contribution in [0.5, 0.6) is 0 Å². The number of aromatic carboxylic acids is 1. The van der Waals surface area contributed by atoms with Gasteiger partial charge in [-0.25, -0.2) is 4.79 Å². The highest BCUT2D eigenvalue weighted by molar-refractivity contribution is 6.36. The zero-order chi connectivity index (χ0) is 11.7. The van der Waals surface area contributed by atoms with Gasteiger partial charge in [0.05, 0.1) is 16.8 Å². The quantitative estimate of drug-likeness (QED) is 0.897. The summed E-state index contributed by atoms with van der Waals surface area (Å²) in [5.41, 5.74) is 0.846. The number of carbonyl (C=O) groups is 1. The number of benzene rings is 1. The molecule has 6 heteroatoms. The van der Waals surface area contributed by atoms with Crippen molar-refractivity contribution in [1.82, 2.24) is 5.16 Å². The minimum Gasteiger partial charge on any atom is -0.475 e. The van der Waals surface area contributed by atoms with Gasteiger partial charge in [0.25, 0.3) is 5.76 Å². The van der Waals surface area contributed by atoms with Crippen LogP contribution in [-0.4, -0.2) is 16.2 Å². The van der Waals surface area contributed by atoms with E-state index in [0.29, 0.717) is 21.2 Å². The summed E-state index contributed by atoms with van der Waals surface area (Å²) in [5.74, 6) is -1.44. The lowest BCUT2D eigenvalue weighted by molar-refractivity contribution is 0.0653. The summed E-state index contributed by atoms with van der Waals surface area (Å²) in [6, 6.07) is 4.75. The molecule has 0 amide bonds. The van der Waals surface area contributed by atoms with Crippen LogP contribution in [0.3, 0.4) is 0 Å². The van der Waals surface area contributed by atoms with E-state index in [0.717, 1.165) is 0 Å². The summed E-state index contributed by atoms with van der Waals surface area (Å²) in [4.78, 5) is 10.8. The normalized spacial score (nSPS) is 10.4. The standard InChI is InChI=1S/C10H5Cl2NO3/c11-5-1-2-6(8(12)3-5)7-4-13-16-9(7)10(14)15/h1-4H,(H,14,15). The largest absolute Gasteiger partial charge is 0.475 e. The molecule has 0 aliphatic carbocycles. The Morgan fingerprint density at radius 2 is 2.06 bits per heavy atom. The van der Waals surface area contributed by atoms with Crippen molar-refractivity contribution in [3.8, 4) is 11.1 Å². The molecular weight excluding hydrogens is 253 g/mol. The topological polar surface area (TPSA) is 63.3 Å². The number of hydrogen-bond donors (Lipinski definition) is 1. The molecule has 2 rings (SSSR count). The first kappa shape index (κ1) is 11.0. The second kappa shape index (κ2) is 4.15. The maximum absolute atomic E-state index is 10.8. The molecule has 1 N–H and O–H groups in total. The van der Waals surface area contributed by atoms with Crippen molar-refractivity contribution in [2.45, 2.75) is 0 Å². The third-order valence-electron chi connectivity index (χ3n) is 1.99. The molecule has 0 unspecified atom stereocenters. The molecule has 82 valence electrons. The SMILES string of the molecule is O=C(O)c1oncc1-c1ccc(Cl)cc1Cl. The number of hydrogen-bond acceptors (Lipinski definition) is 3. The fourth-order valence-electron chi connectivity index (χ4n) is 1.29. The van der Waals surface area contributed by atoms with Gasteiger partial charge in [-0.15, -0.1) is 0 Å². The first-order valence-electron chi connectivity index (χ1n) is 4.23. The van der Waals surface area contributed by atoms with Crippen molar-refractivity contribution >= 4 is 29.2 Å². The van der Waals surface area contributed by atoms with E-state index in [1.807, 2.05) is 0 Å². The Morgan fingerprint density at radius 1 is 1.31 bits per heavy atom. The summed E-state index contributed by atoms with van der Waals surface area (Å²) in [7, 11) is 0. The van der Waals surface area contributed by atoms with E-state index in [1.54, 1.807) is 12.1 Å². The lowest BCUT2D eigenvalue weighted by atomic mass is 10.1. The number of rotatable bonds is 2. The number of nitrogens with zero attached hydrogens (tertiary/aromatic N) is 1. The molecule has 1 aromatic carbocycles. The van der Waals surface area contributed by atoms with E-state index in [9.17, 15) is 4.79 Å². The highest BCUT2D eigenvalue weighted by Crippen LogP contribution is 2.32. The highest BCUT2D eigenvalue weighted by atomic mass is 35.5. The molecule has 0 spiro atoms. The predicted octanol–water partition coefficient (Wildman–Crippen LogP) is 3.35. The molecule has 0 atom stereocenters. The van der Waals surface area contributed by atoms with Gasteiger partial charge in [-0.1, -0.05) is 34.4 Å². The number of carboxylic acid groups (broad SMARTS) is 1. The fourth-order valence-corrected chi connectivity index (χ4v) is 1.80. The second-order valence-corrected chi connectivity index (χ2v) is 3.84. The zero-order valence-electron chi connectivity index (χ0n) is 7.78. The molecular formula is C10H5Cl2NO3. The highest BCUT2D eigenvalue weighted by Gasteiger charge is 2.19. The van der Waals surface area contributed by atoms with Gasteiger partial charge in [0, 0.05) is 10.6 Å². The molecule has 0 radical (unpaired) electrons. The van der Waals surface area contributed by atoms with Crippen LogP contribution in [0.1, 0.15) is 10.6 Å². The summed E-state index contributed by atoms with van der Waals surface area (Å²) < 4.78 is 4.62. The molecule has 2 aromatic rings. The Kier molecular flexibility index (Phi) is 2.85. The van der Waals surface area contributed by atoms with Crippen molar-refractivity contribution in [3.63, 3.8) is 0 Å². The van der Waals surface area contributed by atoms with Gasteiger partial charge >= 0.3 is 5.97 Å². The molecule has 1 aromatic heterocycles. The predicted molar refractivity (Wildman–Crippen MR) is 58.9 cm³/mol. The fraction of sp³-hybridized carbons (Fsp3) is 0. The summed E-state index contributed by atoms with van der Waals surface area (Å²) in [6.45, 7) is 0. The van der Waals surface area contributed by atoms with Crippen molar-refractivity contribution in [3.05, 3.63) is 40.2 Å². The van der Waals surface area contributed by atoms with Crippen molar-refractivity contribution in [2.24, 2.45) is 0 Å². The van der Waals surface area contributed by atoms with Crippen molar-refractivity contribution < 1.29 is 14.4 Å². The van der Waals surface area contributed by atoms with E-state index in [-0.39, 0.29) is 5.76 Å². The lowest BCUT2D eigenvalue weighted by Gasteiger charge is -2.01. The van der Waals surface area contributed by atoms with Crippen molar-refractivity contribution in [2.75, 3.05) is 0 Å². The van der Waals surface area contributed by atoms with Crippen LogP contribution in [0.25, 0.3) is 11.1 Å². The van der Waals surface area contributed by atoms with Crippen LogP contribution in [-0.2, 0) is 0 Å². The minimum absolute atomic E-state index is 0.246. The molecule has 0 aliphatic heterocycles. The van der Waals surface area contributed by atoms with Crippen LogP contribution in [0.15, 0.2) is 28.9 Å². The smallest absolute Gasteiger partial charge is 0.375 e. The van der Waals surface area contributed by atoms with Gasteiger partial charge < -0.3 is 9.63 Å². The Balaban J connectivity index is 2.59. The van der Waals surface area contributed by atoms with E-state index in [2.05, 4.69) is 9.68 Å². The van der Waals surface area contributed by atoms with Gasteiger partial charge in [0.15, 0.2) is 0 Å². The van der Waals surface area contributed by atoms with Crippen LogP contribution in [0.4, 0.5) is 0 Å². The number of halogens is 2. The van der Waals surface area contributed by atoms with E-state index < -0.39 is 5.97 Å². The number of carboxylic acids is 1. The van der Waals surface area contributed by atoms with Crippen LogP contribution in [0, 0.1) is 0 Å². The Bertz CT molecular complexity index is 551. The second-order valence-electron chi connectivity index (χ2n) is 3.00.